The standard InChI is InChI=1S/C44H58N6O9S2/c1-25(2)32-24-60-38(46-32)31-21-35(29-16-17-34(57-8)26(3)36(29)45-31)58-28-20-33-37(51)48-44(40(53)49-61(55,56)43(7)18-19-43)22-27(44)14-12-10-9-11-13-15-30(39(52)50(33)23-28)47-41(54)59-42(4,5)6/h12,14,16-17,21,24-25,27-28,30,33H,9-11,13,15,18-20,22-23H2,1-8H3,(H,47,54)(H,48,51)(H,49,53)/b14-12-/t27-,28-,30+,33+,44-/m1/s1. The molecule has 0 spiro atoms. The van der Waals surface area contributed by atoms with Crippen LogP contribution in [-0.4, -0.2) is 94.8 Å². The maximum absolute atomic E-state index is 14.8. The van der Waals surface area contributed by atoms with Crippen molar-refractivity contribution in [1.29, 1.82) is 0 Å². The number of aromatic nitrogens is 2. The zero-order chi connectivity index (χ0) is 44.1. The number of alkyl carbamates (subject to hydrolysis) is 1. The fraction of sp³-hybridized carbons (Fsp3) is 0.591. The largest absolute Gasteiger partial charge is 0.496 e. The summed E-state index contributed by atoms with van der Waals surface area (Å²) in [4.78, 5) is 67.9. The van der Waals surface area contributed by atoms with Gasteiger partial charge in [-0.05, 0) is 91.2 Å². The van der Waals surface area contributed by atoms with Crippen LogP contribution >= 0.6 is 11.3 Å². The summed E-state index contributed by atoms with van der Waals surface area (Å²) in [6.45, 7) is 12.8. The molecule has 2 aromatic heterocycles. The Morgan fingerprint density at radius 1 is 1.08 bits per heavy atom. The van der Waals surface area contributed by atoms with E-state index in [0.717, 1.165) is 24.1 Å². The van der Waals surface area contributed by atoms with Crippen LogP contribution in [0.25, 0.3) is 21.6 Å². The smallest absolute Gasteiger partial charge is 0.408 e. The zero-order valence-electron chi connectivity index (χ0n) is 36.3. The van der Waals surface area contributed by atoms with Gasteiger partial charge in [0.2, 0.25) is 21.8 Å². The van der Waals surface area contributed by atoms with E-state index in [1.54, 1.807) is 34.8 Å². The van der Waals surface area contributed by atoms with E-state index < -0.39 is 73.8 Å². The number of sulfonamides is 1. The van der Waals surface area contributed by atoms with Crippen molar-refractivity contribution in [3.63, 3.8) is 0 Å². The van der Waals surface area contributed by atoms with Crippen molar-refractivity contribution in [3.05, 3.63) is 47.0 Å². The fourth-order valence-corrected chi connectivity index (χ4v) is 10.3. The lowest BCUT2D eigenvalue weighted by atomic mass is 10.0. The predicted octanol–water partition coefficient (Wildman–Crippen LogP) is 6.43. The summed E-state index contributed by atoms with van der Waals surface area (Å²) in [7, 11) is -2.42. The number of benzene rings is 1. The molecule has 3 fully saturated rings. The van der Waals surface area contributed by atoms with Gasteiger partial charge in [0.1, 0.15) is 51.5 Å². The van der Waals surface area contributed by atoms with Gasteiger partial charge >= 0.3 is 6.09 Å². The van der Waals surface area contributed by atoms with Crippen LogP contribution < -0.4 is 24.8 Å². The minimum Gasteiger partial charge on any atom is -0.496 e. The highest BCUT2D eigenvalue weighted by Gasteiger charge is 2.63. The Morgan fingerprint density at radius 3 is 2.51 bits per heavy atom. The Bertz CT molecular complexity index is 2350. The molecular formula is C44H58N6O9S2. The van der Waals surface area contributed by atoms with E-state index >= 15 is 0 Å². The van der Waals surface area contributed by atoms with Gasteiger partial charge < -0.3 is 29.7 Å². The number of amides is 4. The van der Waals surface area contributed by atoms with Gasteiger partial charge in [-0.25, -0.2) is 23.2 Å². The Hall–Kier alpha value is -4.77. The number of carbonyl (C=O) groups excluding carboxylic acids is 4. The van der Waals surface area contributed by atoms with Crippen LogP contribution in [0.4, 0.5) is 4.79 Å². The van der Waals surface area contributed by atoms with Crippen molar-refractivity contribution in [2.75, 3.05) is 13.7 Å². The lowest BCUT2D eigenvalue weighted by Crippen LogP contribution is -2.58. The van der Waals surface area contributed by atoms with Crippen LogP contribution in [0.15, 0.2) is 35.7 Å². The molecule has 61 heavy (non-hydrogen) atoms. The first-order valence-corrected chi connectivity index (χ1v) is 23.6. The molecule has 17 heteroatoms. The van der Waals surface area contributed by atoms with Gasteiger partial charge in [-0.15, -0.1) is 11.3 Å². The second kappa shape index (κ2) is 16.8. The lowest BCUT2D eigenvalue weighted by Gasteiger charge is -2.30. The molecule has 2 saturated carbocycles. The number of methoxy groups -OCH3 is 1. The molecule has 7 rings (SSSR count). The van der Waals surface area contributed by atoms with Gasteiger partial charge in [-0.3, -0.25) is 19.1 Å². The van der Waals surface area contributed by atoms with Gasteiger partial charge in [0.05, 0.1) is 29.6 Å². The van der Waals surface area contributed by atoms with Gasteiger partial charge in [-0.1, -0.05) is 38.8 Å². The number of ether oxygens (including phenoxy) is 3. The number of thiazole rings is 1. The molecule has 5 atom stereocenters. The predicted molar refractivity (Wildman–Crippen MR) is 232 cm³/mol. The SMILES string of the molecule is COc1ccc2c(O[C@@H]3C[C@H]4C(=O)N[C@]5(C(=O)NS(=O)(=O)C6(C)CC6)C[C@H]5/C=C\CCCCC[C@H](NC(=O)OC(C)(C)C)C(=O)N4C3)cc(-c3nc(C(C)C)cs3)nc2c1C. The molecular weight excluding hydrogens is 821 g/mol. The normalized spacial score (nSPS) is 26.0. The summed E-state index contributed by atoms with van der Waals surface area (Å²) in [5.74, 6) is -1.05. The van der Waals surface area contributed by atoms with E-state index in [1.165, 1.54) is 16.2 Å². The number of hydrogen-bond acceptors (Lipinski definition) is 12. The molecule has 2 aliphatic heterocycles. The highest BCUT2D eigenvalue weighted by Crippen LogP contribution is 2.48. The van der Waals surface area contributed by atoms with Crippen molar-refractivity contribution in [1.82, 2.24) is 30.2 Å². The Kier molecular flexibility index (Phi) is 12.2. The molecule has 3 N–H and O–H groups in total. The number of aryl methyl sites for hydroxylation is 1. The van der Waals surface area contributed by atoms with Crippen LogP contribution in [0.5, 0.6) is 11.5 Å². The number of carbonyl (C=O) groups is 4. The number of allylic oxidation sites excluding steroid dienone is 1. The average molecular weight is 879 g/mol. The average Bonchev–Trinajstić information content (AvgIpc) is 3.95. The van der Waals surface area contributed by atoms with E-state index in [1.807, 2.05) is 42.7 Å². The summed E-state index contributed by atoms with van der Waals surface area (Å²) in [6.07, 6.45) is 6.57. The third kappa shape index (κ3) is 9.37. The number of hydrogen-bond donors (Lipinski definition) is 3. The first-order valence-electron chi connectivity index (χ1n) is 21.2. The van der Waals surface area contributed by atoms with Crippen molar-refractivity contribution in [2.24, 2.45) is 5.92 Å². The van der Waals surface area contributed by atoms with Gasteiger partial charge in [0.25, 0.3) is 5.91 Å². The van der Waals surface area contributed by atoms with Crippen LogP contribution in [0.3, 0.4) is 0 Å². The minimum absolute atomic E-state index is 0.0261. The van der Waals surface area contributed by atoms with E-state index in [4.69, 9.17) is 24.2 Å². The summed E-state index contributed by atoms with van der Waals surface area (Å²) < 4.78 is 45.8. The lowest BCUT2D eigenvalue weighted by molar-refractivity contribution is -0.141. The van der Waals surface area contributed by atoms with E-state index in [9.17, 15) is 27.6 Å². The molecule has 0 radical (unpaired) electrons. The van der Waals surface area contributed by atoms with E-state index in [2.05, 4.69) is 29.2 Å². The molecule has 4 heterocycles. The van der Waals surface area contributed by atoms with Crippen LogP contribution in [0.1, 0.15) is 117 Å². The van der Waals surface area contributed by atoms with E-state index in [-0.39, 0.29) is 25.3 Å². The van der Waals surface area contributed by atoms with Crippen LogP contribution in [-0.2, 0) is 29.1 Å². The van der Waals surface area contributed by atoms with Crippen LogP contribution in [0, 0.1) is 12.8 Å². The Morgan fingerprint density at radius 2 is 1.84 bits per heavy atom. The van der Waals surface area contributed by atoms with Crippen molar-refractivity contribution in [2.45, 2.75) is 146 Å². The first-order chi connectivity index (χ1) is 28.7. The summed E-state index contributed by atoms with van der Waals surface area (Å²) in [6, 6.07) is 3.36. The quantitative estimate of drug-likeness (QED) is 0.200. The molecule has 2 aliphatic carbocycles. The maximum Gasteiger partial charge on any atom is 0.408 e. The summed E-state index contributed by atoms with van der Waals surface area (Å²) >= 11 is 1.48. The molecule has 15 nitrogen and oxygen atoms in total. The number of nitrogens with one attached hydrogen (secondary N) is 3. The number of fused-ring (bicyclic) bond motifs is 3. The fourth-order valence-electron chi connectivity index (χ4n) is 8.05. The molecule has 0 bridgehead atoms. The summed E-state index contributed by atoms with van der Waals surface area (Å²) in [5.41, 5.74) is 0.611. The third-order valence-electron chi connectivity index (χ3n) is 12.2. The van der Waals surface area contributed by atoms with Crippen LogP contribution in [0.2, 0.25) is 0 Å². The van der Waals surface area contributed by atoms with Crippen molar-refractivity contribution >= 4 is 56.1 Å². The van der Waals surface area contributed by atoms with Crippen molar-refractivity contribution in [3.8, 4) is 22.2 Å². The minimum atomic E-state index is -4.01. The Labute approximate surface area is 361 Å². The highest BCUT2D eigenvalue weighted by atomic mass is 32.2. The van der Waals surface area contributed by atoms with Gasteiger partial charge in [0, 0.05) is 34.7 Å². The second-order valence-corrected chi connectivity index (χ2v) is 21.5. The molecule has 4 amide bonds. The number of rotatable bonds is 9. The monoisotopic (exact) mass is 878 g/mol. The molecule has 3 aromatic rings. The second-order valence-electron chi connectivity index (χ2n) is 18.4. The topological polar surface area (TPSA) is 195 Å². The number of pyridine rings is 1. The molecule has 330 valence electrons. The Balaban J connectivity index is 1.25. The molecule has 0 unspecified atom stereocenters. The third-order valence-corrected chi connectivity index (χ3v) is 15.2. The van der Waals surface area contributed by atoms with Gasteiger partial charge in [0.15, 0.2) is 0 Å². The molecule has 4 aliphatic rings. The van der Waals surface area contributed by atoms with Gasteiger partial charge in [-0.2, -0.15) is 0 Å². The summed E-state index contributed by atoms with van der Waals surface area (Å²) in [5, 5.41) is 9.11. The van der Waals surface area contributed by atoms with E-state index in [0.29, 0.717) is 65.2 Å². The first kappa shape index (κ1) is 44.3. The zero-order valence-corrected chi connectivity index (χ0v) is 37.9. The van der Waals surface area contributed by atoms with Crippen molar-refractivity contribution < 1.29 is 41.8 Å². The molecule has 1 saturated heterocycles. The number of nitrogens with zero attached hydrogens (tertiary/aromatic N) is 3. The maximum atomic E-state index is 14.8. The molecule has 1 aromatic carbocycles. The highest BCUT2D eigenvalue weighted by molar-refractivity contribution is 7.91.